The molecule has 0 unspecified atom stereocenters. The van der Waals surface area contributed by atoms with E-state index in [1.165, 1.54) is 24.3 Å². The number of thiophene rings is 1. The maximum Gasteiger partial charge on any atom is 0.304 e. The largest absolute Gasteiger partial charge is 0.355 e. The van der Waals surface area contributed by atoms with E-state index in [1.807, 2.05) is 4.90 Å². The van der Waals surface area contributed by atoms with Crippen LogP contribution in [0.25, 0.3) is 0 Å². The van der Waals surface area contributed by atoms with Crippen molar-refractivity contribution >= 4 is 27.8 Å². The van der Waals surface area contributed by atoms with Gasteiger partial charge in [0.25, 0.3) is 0 Å². The van der Waals surface area contributed by atoms with Gasteiger partial charge in [0, 0.05) is 38.8 Å². The second-order valence-electron chi connectivity index (χ2n) is 5.80. The Bertz CT molecular complexity index is 534. The van der Waals surface area contributed by atoms with Crippen LogP contribution < -0.4 is 4.90 Å². The Labute approximate surface area is 128 Å². The minimum absolute atomic E-state index is 0.0579. The lowest BCUT2D eigenvalue weighted by Crippen LogP contribution is -2.47. The molecule has 1 fully saturated rings. The van der Waals surface area contributed by atoms with Crippen molar-refractivity contribution in [2.24, 2.45) is 5.92 Å². The van der Waals surface area contributed by atoms with E-state index in [2.05, 4.69) is 18.7 Å². The smallest absolute Gasteiger partial charge is 0.304 e. The van der Waals surface area contributed by atoms with Gasteiger partial charge in [-0.1, -0.05) is 13.8 Å². The van der Waals surface area contributed by atoms with Crippen LogP contribution in [-0.4, -0.2) is 48.3 Å². The summed E-state index contributed by atoms with van der Waals surface area (Å²) in [6.45, 7) is 10.2. The third-order valence-corrected chi connectivity index (χ3v) is 4.81. The molecule has 6 nitrogen and oxygen atoms in total. The first-order chi connectivity index (χ1) is 9.88. The molecule has 0 bridgehead atoms. The summed E-state index contributed by atoms with van der Waals surface area (Å²) in [5.41, 5.74) is 0.0579. The fourth-order valence-electron chi connectivity index (χ4n) is 2.55. The summed E-state index contributed by atoms with van der Waals surface area (Å²) >= 11 is 1.23. The summed E-state index contributed by atoms with van der Waals surface area (Å²) in [5.74, 6) is 0.504. The molecule has 1 aromatic rings. The van der Waals surface area contributed by atoms with Gasteiger partial charge in [-0.25, -0.2) is 0 Å². The summed E-state index contributed by atoms with van der Waals surface area (Å²) in [4.78, 5) is 27.1. The van der Waals surface area contributed by atoms with Crippen LogP contribution in [-0.2, 0) is 0 Å². The predicted molar refractivity (Wildman–Crippen MR) is 84.5 cm³/mol. The molecule has 0 N–H and O–H groups in total. The first kappa shape index (κ1) is 15.9. The van der Waals surface area contributed by atoms with Gasteiger partial charge < -0.3 is 4.90 Å². The van der Waals surface area contributed by atoms with Gasteiger partial charge in [-0.05, 0) is 12.8 Å². The lowest BCUT2D eigenvalue weighted by atomic mass is 10.2. The van der Waals surface area contributed by atoms with E-state index in [-0.39, 0.29) is 11.5 Å². The standard InChI is InChI=1S/C14H21N3O3S/c1-10(2)9-15-4-6-16(7-5-15)14-12(17(19)20)8-13(21-14)11(3)18/h8,10H,4-7,9H2,1-3H3. The molecule has 1 saturated heterocycles. The normalized spacial score (nSPS) is 16.5. The minimum atomic E-state index is -0.390. The van der Waals surface area contributed by atoms with Gasteiger partial charge in [0.05, 0.1) is 9.80 Å². The number of Topliss-reactive ketones (excluding diaryl/α,β-unsaturated/α-hetero) is 1. The van der Waals surface area contributed by atoms with Gasteiger partial charge in [-0.15, -0.1) is 11.3 Å². The Hall–Kier alpha value is -1.47. The SMILES string of the molecule is CC(=O)c1cc([N+](=O)[O-])c(N2CCN(CC(C)C)CC2)s1. The summed E-state index contributed by atoms with van der Waals surface area (Å²) in [5, 5.41) is 11.8. The van der Waals surface area contributed by atoms with Crippen molar-refractivity contribution in [3.05, 3.63) is 21.1 Å². The molecule has 0 radical (unpaired) electrons. The average molecular weight is 311 g/mol. The highest BCUT2D eigenvalue weighted by Crippen LogP contribution is 2.38. The first-order valence-corrected chi connectivity index (χ1v) is 7.96. The van der Waals surface area contributed by atoms with E-state index >= 15 is 0 Å². The zero-order valence-electron chi connectivity index (χ0n) is 12.7. The second kappa shape index (κ2) is 6.53. The lowest BCUT2D eigenvalue weighted by Gasteiger charge is -2.35. The molecular formula is C14H21N3O3S. The van der Waals surface area contributed by atoms with E-state index in [1.54, 1.807) is 0 Å². The molecule has 0 spiro atoms. The summed E-state index contributed by atoms with van der Waals surface area (Å²) in [7, 11) is 0. The molecule has 2 rings (SSSR count). The fourth-order valence-corrected chi connectivity index (χ4v) is 3.62. The highest BCUT2D eigenvalue weighted by molar-refractivity contribution is 7.18. The van der Waals surface area contributed by atoms with E-state index < -0.39 is 4.92 Å². The molecule has 116 valence electrons. The predicted octanol–water partition coefficient (Wildman–Crippen LogP) is 2.64. The van der Waals surface area contributed by atoms with Crippen molar-refractivity contribution in [2.75, 3.05) is 37.6 Å². The monoisotopic (exact) mass is 311 g/mol. The van der Waals surface area contributed by atoms with Crippen LogP contribution in [0.4, 0.5) is 10.7 Å². The van der Waals surface area contributed by atoms with Crippen LogP contribution in [0.15, 0.2) is 6.07 Å². The molecule has 0 aromatic carbocycles. The van der Waals surface area contributed by atoms with Crippen molar-refractivity contribution in [1.29, 1.82) is 0 Å². The van der Waals surface area contributed by atoms with Crippen molar-refractivity contribution in [3.8, 4) is 0 Å². The van der Waals surface area contributed by atoms with Crippen molar-refractivity contribution in [2.45, 2.75) is 20.8 Å². The summed E-state index contributed by atoms with van der Waals surface area (Å²) in [6, 6.07) is 1.41. The summed E-state index contributed by atoms with van der Waals surface area (Å²) in [6.07, 6.45) is 0. The number of hydrogen-bond acceptors (Lipinski definition) is 6. The van der Waals surface area contributed by atoms with Crippen LogP contribution >= 0.6 is 11.3 Å². The summed E-state index contributed by atoms with van der Waals surface area (Å²) < 4.78 is 0. The Morgan fingerprint density at radius 1 is 1.38 bits per heavy atom. The molecule has 21 heavy (non-hydrogen) atoms. The molecule has 2 heterocycles. The third-order valence-electron chi connectivity index (χ3n) is 3.52. The number of ketones is 1. The molecule has 1 aliphatic heterocycles. The van der Waals surface area contributed by atoms with Crippen LogP contribution in [0.2, 0.25) is 0 Å². The van der Waals surface area contributed by atoms with Crippen LogP contribution in [0.1, 0.15) is 30.4 Å². The zero-order valence-corrected chi connectivity index (χ0v) is 13.5. The Morgan fingerprint density at radius 2 is 2.00 bits per heavy atom. The van der Waals surface area contributed by atoms with Crippen molar-refractivity contribution < 1.29 is 9.72 Å². The zero-order chi connectivity index (χ0) is 15.6. The molecule has 0 aliphatic carbocycles. The Balaban J connectivity index is 2.12. The van der Waals surface area contributed by atoms with E-state index in [0.717, 1.165) is 32.7 Å². The van der Waals surface area contributed by atoms with Crippen LogP contribution in [0.5, 0.6) is 0 Å². The number of nitrogens with zero attached hydrogens (tertiary/aromatic N) is 3. The maximum atomic E-state index is 11.5. The van der Waals surface area contributed by atoms with Gasteiger partial charge in [-0.2, -0.15) is 0 Å². The highest BCUT2D eigenvalue weighted by atomic mass is 32.1. The van der Waals surface area contributed by atoms with Crippen LogP contribution in [0.3, 0.4) is 0 Å². The number of piperazine rings is 1. The molecule has 7 heteroatoms. The molecule has 0 atom stereocenters. The van der Waals surface area contributed by atoms with Crippen molar-refractivity contribution in [3.63, 3.8) is 0 Å². The molecule has 0 amide bonds. The Kier molecular flexibility index (Phi) is 4.95. The first-order valence-electron chi connectivity index (χ1n) is 7.15. The highest BCUT2D eigenvalue weighted by Gasteiger charge is 2.27. The van der Waals surface area contributed by atoms with Gasteiger partial charge >= 0.3 is 5.69 Å². The number of anilines is 1. The third kappa shape index (κ3) is 3.79. The number of carbonyl (C=O) groups is 1. The van der Waals surface area contributed by atoms with E-state index in [0.29, 0.717) is 15.8 Å². The number of rotatable bonds is 5. The number of carbonyl (C=O) groups excluding carboxylic acids is 1. The number of nitro groups is 1. The fraction of sp³-hybridized carbons (Fsp3) is 0.643. The van der Waals surface area contributed by atoms with Gasteiger partial charge in [0.1, 0.15) is 0 Å². The molecule has 1 aliphatic rings. The van der Waals surface area contributed by atoms with Gasteiger partial charge in [0.15, 0.2) is 10.8 Å². The molecular weight excluding hydrogens is 290 g/mol. The average Bonchev–Trinajstić information content (AvgIpc) is 2.84. The van der Waals surface area contributed by atoms with Crippen LogP contribution in [0, 0.1) is 16.0 Å². The quantitative estimate of drug-likeness (QED) is 0.475. The molecule has 1 aromatic heterocycles. The lowest BCUT2D eigenvalue weighted by molar-refractivity contribution is -0.383. The second-order valence-corrected chi connectivity index (χ2v) is 6.83. The van der Waals surface area contributed by atoms with Gasteiger partial charge in [-0.3, -0.25) is 19.8 Å². The Morgan fingerprint density at radius 3 is 2.48 bits per heavy atom. The topological polar surface area (TPSA) is 66.7 Å². The number of hydrogen-bond donors (Lipinski definition) is 0. The molecule has 0 saturated carbocycles. The van der Waals surface area contributed by atoms with E-state index in [4.69, 9.17) is 0 Å². The maximum absolute atomic E-state index is 11.5. The van der Waals surface area contributed by atoms with E-state index in [9.17, 15) is 14.9 Å². The van der Waals surface area contributed by atoms with Crippen molar-refractivity contribution in [1.82, 2.24) is 4.90 Å². The minimum Gasteiger partial charge on any atom is -0.355 e. The van der Waals surface area contributed by atoms with Gasteiger partial charge in [0.2, 0.25) is 0 Å².